The Hall–Kier alpha value is -1.19. The van der Waals surface area contributed by atoms with Gasteiger partial charge >= 0.3 is 0 Å². The van der Waals surface area contributed by atoms with E-state index in [-0.39, 0.29) is 0 Å². The van der Waals surface area contributed by atoms with Crippen LogP contribution in [0, 0.1) is 6.33 Å². The zero-order chi connectivity index (χ0) is 6.10. The molecule has 1 aliphatic rings. The number of fused-ring (bicyclic) bond motifs is 1. The Kier molecular flexibility index (Phi) is 0.855. The van der Waals surface area contributed by atoms with Crippen molar-refractivity contribution in [1.29, 1.82) is 0 Å². The molecule has 0 fully saturated rings. The minimum atomic E-state index is 0.515. The highest BCUT2D eigenvalue weighted by Crippen LogP contribution is 2.23. The summed E-state index contributed by atoms with van der Waals surface area (Å²) in [5, 5.41) is 0. The molecule has 0 aromatic carbocycles. The highest BCUT2D eigenvalue weighted by atomic mass is 16.6. The van der Waals surface area contributed by atoms with Crippen LogP contribution in [0.2, 0.25) is 0 Å². The summed E-state index contributed by atoms with van der Waals surface area (Å²) < 4.78 is 10.2. The van der Waals surface area contributed by atoms with E-state index >= 15 is 0 Å². The monoisotopic (exact) mass is 125 g/mol. The molecule has 9 heavy (non-hydrogen) atoms. The van der Waals surface area contributed by atoms with Crippen LogP contribution in [0.4, 0.5) is 0 Å². The maximum absolute atomic E-state index is 5.09. The van der Waals surface area contributed by atoms with Gasteiger partial charge in [0.05, 0.1) is 0 Å². The summed E-state index contributed by atoms with van der Waals surface area (Å²) in [6.45, 7) is 1.16. The standard InChI is InChI=1S/C5H5N2O2/c1-2-9-5-4(8-1)6-3-7-5/h1-2H2,(H,6,7). The van der Waals surface area contributed by atoms with E-state index in [9.17, 15) is 0 Å². The van der Waals surface area contributed by atoms with Crippen molar-refractivity contribution >= 4 is 0 Å². The molecular weight excluding hydrogens is 120 g/mol. The van der Waals surface area contributed by atoms with Crippen LogP contribution in [-0.4, -0.2) is 23.2 Å². The Morgan fingerprint density at radius 1 is 1.44 bits per heavy atom. The lowest BCUT2D eigenvalue weighted by Gasteiger charge is -2.11. The number of ether oxygens (including phenoxy) is 2. The summed E-state index contributed by atoms with van der Waals surface area (Å²) in [6.07, 6.45) is 2.52. The molecule has 0 atom stereocenters. The van der Waals surface area contributed by atoms with Crippen LogP contribution in [0.15, 0.2) is 0 Å². The van der Waals surface area contributed by atoms with Crippen LogP contribution in [-0.2, 0) is 0 Å². The van der Waals surface area contributed by atoms with Crippen molar-refractivity contribution in [1.82, 2.24) is 9.97 Å². The highest BCUT2D eigenvalue weighted by molar-refractivity contribution is 5.25. The summed E-state index contributed by atoms with van der Waals surface area (Å²) in [7, 11) is 0. The first-order valence-corrected chi connectivity index (χ1v) is 2.68. The predicted molar refractivity (Wildman–Crippen MR) is 28.4 cm³/mol. The lowest BCUT2D eigenvalue weighted by Crippen LogP contribution is -2.14. The van der Waals surface area contributed by atoms with Crippen molar-refractivity contribution in [2.24, 2.45) is 0 Å². The predicted octanol–water partition coefficient (Wildman–Crippen LogP) is -0.0189. The smallest absolute Gasteiger partial charge is 0.278 e. The van der Waals surface area contributed by atoms with Gasteiger partial charge in [0, 0.05) is 0 Å². The lowest BCUT2D eigenvalue weighted by atomic mass is 10.6. The molecule has 0 spiro atoms. The maximum Gasteiger partial charge on any atom is 0.278 e. The first-order valence-electron chi connectivity index (χ1n) is 2.68. The first kappa shape index (κ1) is 4.67. The van der Waals surface area contributed by atoms with Crippen LogP contribution in [0.25, 0.3) is 0 Å². The molecule has 0 aliphatic carbocycles. The van der Waals surface area contributed by atoms with E-state index in [1.165, 1.54) is 0 Å². The fourth-order valence-corrected chi connectivity index (χ4v) is 0.711. The van der Waals surface area contributed by atoms with Crippen LogP contribution in [0.5, 0.6) is 11.8 Å². The average Bonchev–Trinajstić information content (AvgIpc) is 2.33. The number of hydrogen-bond acceptors (Lipinski definition) is 3. The van der Waals surface area contributed by atoms with Gasteiger partial charge in [0.15, 0.2) is 6.33 Å². The quantitative estimate of drug-likeness (QED) is 0.530. The number of aromatic nitrogens is 2. The van der Waals surface area contributed by atoms with Crippen LogP contribution in [0.3, 0.4) is 0 Å². The number of aromatic amines is 1. The van der Waals surface area contributed by atoms with Crippen LogP contribution in [0.1, 0.15) is 0 Å². The second-order valence-electron chi connectivity index (χ2n) is 1.68. The molecule has 47 valence electrons. The van der Waals surface area contributed by atoms with Gasteiger partial charge in [-0.25, -0.2) is 0 Å². The van der Waals surface area contributed by atoms with Crippen molar-refractivity contribution in [2.45, 2.75) is 0 Å². The Labute approximate surface area is 51.8 Å². The van der Waals surface area contributed by atoms with Crippen molar-refractivity contribution in [3.8, 4) is 11.8 Å². The number of H-pyrrole nitrogens is 1. The second-order valence-corrected chi connectivity index (χ2v) is 1.68. The fraction of sp³-hybridized carbons (Fsp3) is 0.400. The number of imidazole rings is 1. The zero-order valence-corrected chi connectivity index (χ0v) is 4.68. The van der Waals surface area contributed by atoms with Crippen molar-refractivity contribution in [3.05, 3.63) is 6.33 Å². The van der Waals surface area contributed by atoms with Crippen molar-refractivity contribution in [3.63, 3.8) is 0 Å². The van der Waals surface area contributed by atoms with Crippen LogP contribution >= 0.6 is 0 Å². The minimum absolute atomic E-state index is 0.515. The third kappa shape index (κ3) is 0.630. The molecule has 0 bridgehead atoms. The second kappa shape index (κ2) is 1.65. The maximum atomic E-state index is 5.09. The molecule has 0 amide bonds. The number of hydrogen-bond donors (Lipinski definition) is 1. The van der Waals surface area contributed by atoms with E-state index in [0.717, 1.165) is 0 Å². The van der Waals surface area contributed by atoms with Crippen molar-refractivity contribution in [2.75, 3.05) is 13.2 Å². The summed E-state index contributed by atoms with van der Waals surface area (Å²) >= 11 is 0. The van der Waals surface area contributed by atoms with E-state index < -0.39 is 0 Å². The molecule has 1 radical (unpaired) electrons. The van der Waals surface area contributed by atoms with Gasteiger partial charge < -0.3 is 14.5 Å². The van der Waals surface area contributed by atoms with Gasteiger partial charge in [0.25, 0.3) is 11.8 Å². The molecule has 4 heteroatoms. The van der Waals surface area contributed by atoms with Gasteiger partial charge in [-0.3, -0.25) is 0 Å². The summed E-state index contributed by atoms with van der Waals surface area (Å²) in [4.78, 5) is 6.40. The molecule has 4 nitrogen and oxygen atoms in total. The molecule has 0 unspecified atom stereocenters. The van der Waals surface area contributed by atoms with E-state index in [4.69, 9.17) is 9.47 Å². The van der Waals surface area contributed by atoms with Gasteiger partial charge in [0.1, 0.15) is 13.2 Å². The third-order valence-electron chi connectivity index (χ3n) is 1.09. The Morgan fingerprint density at radius 3 is 3.22 bits per heavy atom. The first-order chi connectivity index (χ1) is 4.47. The normalized spacial score (nSPS) is 15.6. The van der Waals surface area contributed by atoms with Gasteiger partial charge in [0.2, 0.25) is 0 Å². The number of nitrogens with zero attached hydrogens (tertiary/aromatic N) is 1. The van der Waals surface area contributed by atoms with E-state index in [1.807, 2.05) is 0 Å². The number of nitrogens with one attached hydrogen (secondary N) is 1. The van der Waals surface area contributed by atoms with E-state index in [2.05, 4.69) is 16.3 Å². The van der Waals surface area contributed by atoms with E-state index in [1.54, 1.807) is 0 Å². The molecule has 0 saturated carbocycles. The molecule has 2 heterocycles. The van der Waals surface area contributed by atoms with Gasteiger partial charge in [-0.15, -0.1) is 0 Å². The Bertz CT molecular complexity index is 188. The van der Waals surface area contributed by atoms with Gasteiger partial charge in [-0.1, -0.05) is 0 Å². The molecule has 1 aromatic rings. The summed E-state index contributed by atoms with van der Waals surface area (Å²) in [6, 6.07) is 0. The highest BCUT2D eigenvalue weighted by Gasteiger charge is 2.12. The van der Waals surface area contributed by atoms with Crippen LogP contribution < -0.4 is 9.47 Å². The molecule has 2 rings (SSSR count). The summed E-state index contributed by atoms with van der Waals surface area (Å²) in [5.41, 5.74) is 0. The Morgan fingerprint density at radius 2 is 2.33 bits per heavy atom. The average molecular weight is 125 g/mol. The number of rotatable bonds is 0. The zero-order valence-electron chi connectivity index (χ0n) is 4.68. The van der Waals surface area contributed by atoms with Gasteiger partial charge in [-0.05, 0) is 0 Å². The molecule has 1 aromatic heterocycles. The lowest BCUT2D eigenvalue weighted by molar-refractivity contribution is 0.162. The SMILES string of the molecule is [c]1nc2c([nH]1)OCCO2. The summed E-state index contributed by atoms with van der Waals surface area (Å²) in [5.74, 6) is 1.10. The minimum Gasteiger partial charge on any atom is -0.472 e. The van der Waals surface area contributed by atoms with Crippen molar-refractivity contribution < 1.29 is 9.47 Å². The molecule has 0 saturated heterocycles. The molecule has 1 aliphatic heterocycles. The van der Waals surface area contributed by atoms with Gasteiger partial charge in [-0.2, -0.15) is 4.98 Å². The molecule has 1 N–H and O–H groups in total. The topological polar surface area (TPSA) is 47.1 Å². The fourth-order valence-electron chi connectivity index (χ4n) is 0.711. The Balaban J connectivity index is 2.39. The molecular formula is C5H5N2O2. The third-order valence-corrected chi connectivity index (χ3v) is 1.09. The van der Waals surface area contributed by atoms with E-state index in [0.29, 0.717) is 25.0 Å². The largest absolute Gasteiger partial charge is 0.472 e.